The van der Waals surface area contributed by atoms with Gasteiger partial charge < -0.3 is 5.32 Å². The van der Waals surface area contributed by atoms with Crippen molar-refractivity contribution in [3.8, 4) is 0 Å². The van der Waals surface area contributed by atoms with E-state index in [2.05, 4.69) is 33.6 Å². The highest BCUT2D eigenvalue weighted by atomic mass is 79.9. The molecule has 0 aliphatic rings. The Kier molecular flexibility index (Phi) is 4.54. The average Bonchev–Trinajstić information content (AvgIpc) is 2.76. The molecule has 1 unspecified atom stereocenters. The number of halogens is 2. The Morgan fingerprint density at radius 1 is 1.39 bits per heavy atom. The number of hydrogen-bond donors (Lipinski definition) is 1. The summed E-state index contributed by atoms with van der Waals surface area (Å²) in [6, 6.07) is 5.46. The van der Waals surface area contributed by atoms with Crippen molar-refractivity contribution in [2.45, 2.75) is 19.9 Å². The standard InChI is InChI=1S/C14H15BrFNS/c1-3-17-14(11-7-18-8-12(11)15)10-5-4-9(2)13(16)6-10/h4-8,14,17H,3H2,1-2H3. The highest BCUT2D eigenvalue weighted by Gasteiger charge is 2.17. The van der Waals surface area contributed by atoms with Crippen LogP contribution in [0, 0.1) is 12.7 Å². The summed E-state index contributed by atoms with van der Waals surface area (Å²) in [6.07, 6.45) is 0. The molecule has 0 aliphatic heterocycles. The van der Waals surface area contributed by atoms with Gasteiger partial charge in [0.1, 0.15) is 5.82 Å². The van der Waals surface area contributed by atoms with Crippen molar-refractivity contribution in [2.75, 3.05) is 6.54 Å². The quantitative estimate of drug-likeness (QED) is 0.861. The van der Waals surface area contributed by atoms with E-state index in [4.69, 9.17) is 0 Å². The van der Waals surface area contributed by atoms with Gasteiger partial charge in [-0.2, -0.15) is 11.3 Å². The van der Waals surface area contributed by atoms with E-state index in [1.54, 1.807) is 24.3 Å². The van der Waals surface area contributed by atoms with Gasteiger partial charge in [-0.3, -0.25) is 0 Å². The molecule has 1 atom stereocenters. The van der Waals surface area contributed by atoms with Gasteiger partial charge in [0.05, 0.1) is 6.04 Å². The fraction of sp³-hybridized carbons (Fsp3) is 0.286. The van der Waals surface area contributed by atoms with Crippen molar-refractivity contribution in [2.24, 2.45) is 0 Å². The summed E-state index contributed by atoms with van der Waals surface area (Å²) in [5, 5.41) is 7.54. The van der Waals surface area contributed by atoms with E-state index in [0.29, 0.717) is 5.56 Å². The summed E-state index contributed by atoms with van der Waals surface area (Å²) < 4.78 is 14.8. The van der Waals surface area contributed by atoms with Crippen molar-refractivity contribution in [3.05, 3.63) is 55.9 Å². The van der Waals surface area contributed by atoms with Gasteiger partial charge in [0, 0.05) is 9.85 Å². The van der Waals surface area contributed by atoms with Crippen molar-refractivity contribution in [3.63, 3.8) is 0 Å². The number of hydrogen-bond acceptors (Lipinski definition) is 2. The van der Waals surface area contributed by atoms with Crippen LogP contribution >= 0.6 is 27.3 Å². The van der Waals surface area contributed by atoms with Crippen LogP contribution in [0.5, 0.6) is 0 Å². The zero-order valence-electron chi connectivity index (χ0n) is 10.3. The summed E-state index contributed by atoms with van der Waals surface area (Å²) in [7, 11) is 0. The van der Waals surface area contributed by atoms with Gasteiger partial charge in [0.15, 0.2) is 0 Å². The second-order valence-corrected chi connectivity index (χ2v) is 5.77. The van der Waals surface area contributed by atoms with Crippen LogP contribution in [0.1, 0.15) is 29.7 Å². The SMILES string of the molecule is CCNC(c1ccc(C)c(F)c1)c1cscc1Br. The maximum Gasteiger partial charge on any atom is 0.126 e. The minimum atomic E-state index is -0.151. The predicted octanol–water partition coefficient (Wildman–Crippen LogP) is 4.66. The van der Waals surface area contributed by atoms with E-state index in [1.807, 2.05) is 17.5 Å². The number of rotatable bonds is 4. The molecule has 0 aliphatic carbocycles. The predicted molar refractivity (Wildman–Crippen MR) is 78.7 cm³/mol. The molecule has 1 nitrogen and oxygen atoms in total. The Bertz CT molecular complexity index is 538. The second-order valence-electron chi connectivity index (χ2n) is 4.17. The lowest BCUT2D eigenvalue weighted by atomic mass is 10.00. The van der Waals surface area contributed by atoms with E-state index < -0.39 is 0 Å². The minimum absolute atomic E-state index is 0.0331. The lowest BCUT2D eigenvalue weighted by Crippen LogP contribution is -2.22. The molecule has 4 heteroatoms. The fourth-order valence-corrected chi connectivity index (χ4v) is 3.45. The zero-order chi connectivity index (χ0) is 13.1. The maximum atomic E-state index is 13.7. The molecule has 0 saturated carbocycles. The van der Waals surface area contributed by atoms with Gasteiger partial charge in [-0.25, -0.2) is 4.39 Å². The Morgan fingerprint density at radius 2 is 2.17 bits per heavy atom. The summed E-state index contributed by atoms with van der Waals surface area (Å²) in [5.41, 5.74) is 2.79. The highest BCUT2D eigenvalue weighted by molar-refractivity contribution is 9.10. The molecule has 1 aromatic carbocycles. The van der Waals surface area contributed by atoms with Crippen LogP contribution < -0.4 is 5.32 Å². The molecule has 1 heterocycles. The molecular formula is C14H15BrFNS. The monoisotopic (exact) mass is 327 g/mol. The molecule has 0 amide bonds. The summed E-state index contributed by atoms with van der Waals surface area (Å²) >= 11 is 5.19. The molecule has 0 spiro atoms. The summed E-state index contributed by atoms with van der Waals surface area (Å²) in [5.74, 6) is -0.151. The molecule has 0 fully saturated rings. The molecule has 2 rings (SSSR count). The van der Waals surface area contributed by atoms with Gasteiger partial charge >= 0.3 is 0 Å². The van der Waals surface area contributed by atoms with E-state index >= 15 is 0 Å². The largest absolute Gasteiger partial charge is 0.306 e. The molecule has 18 heavy (non-hydrogen) atoms. The normalized spacial score (nSPS) is 12.7. The fourth-order valence-electron chi connectivity index (χ4n) is 1.90. The molecule has 0 radical (unpaired) electrons. The average molecular weight is 328 g/mol. The van der Waals surface area contributed by atoms with Gasteiger partial charge in [0.2, 0.25) is 0 Å². The first-order chi connectivity index (χ1) is 8.63. The van der Waals surface area contributed by atoms with Crippen LogP contribution in [0.3, 0.4) is 0 Å². The third-order valence-corrected chi connectivity index (χ3v) is 4.64. The van der Waals surface area contributed by atoms with Crippen LogP contribution in [0.25, 0.3) is 0 Å². The van der Waals surface area contributed by atoms with E-state index in [9.17, 15) is 4.39 Å². The van der Waals surface area contributed by atoms with Crippen LogP contribution in [-0.4, -0.2) is 6.54 Å². The molecular weight excluding hydrogens is 313 g/mol. The van der Waals surface area contributed by atoms with Gasteiger partial charge in [-0.15, -0.1) is 0 Å². The smallest absolute Gasteiger partial charge is 0.126 e. The summed E-state index contributed by atoms with van der Waals surface area (Å²) in [6.45, 7) is 4.67. The van der Waals surface area contributed by atoms with E-state index in [1.165, 1.54) is 0 Å². The van der Waals surface area contributed by atoms with Crippen molar-refractivity contribution in [1.82, 2.24) is 5.32 Å². The van der Waals surface area contributed by atoms with Gasteiger partial charge in [-0.1, -0.05) is 19.1 Å². The Balaban J connectivity index is 2.41. The molecule has 0 bridgehead atoms. The Labute approximate surface area is 119 Å². The number of benzene rings is 1. The first-order valence-electron chi connectivity index (χ1n) is 5.84. The van der Waals surface area contributed by atoms with Crippen molar-refractivity contribution < 1.29 is 4.39 Å². The van der Waals surface area contributed by atoms with E-state index in [0.717, 1.165) is 22.1 Å². The summed E-state index contributed by atoms with van der Waals surface area (Å²) in [4.78, 5) is 0. The molecule has 1 N–H and O–H groups in total. The lowest BCUT2D eigenvalue weighted by Gasteiger charge is -2.18. The highest BCUT2D eigenvalue weighted by Crippen LogP contribution is 2.32. The van der Waals surface area contributed by atoms with Crippen LogP contribution in [0.15, 0.2) is 33.4 Å². The number of aryl methyl sites for hydroxylation is 1. The Morgan fingerprint density at radius 3 is 2.72 bits per heavy atom. The van der Waals surface area contributed by atoms with Crippen LogP contribution in [0.4, 0.5) is 4.39 Å². The molecule has 2 aromatic rings. The molecule has 0 saturated heterocycles. The van der Waals surface area contributed by atoms with Crippen LogP contribution in [0.2, 0.25) is 0 Å². The third kappa shape index (κ3) is 2.82. The number of thiophene rings is 1. The Hall–Kier alpha value is -0.710. The van der Waals surface area contributed by atoms with Gasteiger partial charge in [0.25, 0.3) is 0 Å². The third-order valence-electron chi connectivity index (χ3n) is 2.89. The lowest BCUT2D eigenvalue weighted by molar-refractivity contribution is 0.597. The van der Waals surface area contributed by atoms with Crippen LogP contribution in [-0.2, 0) is 0 Å². The maximum absolute atomic E-state index is 13.7. The molecule has 1 aromatic heterocycles. The molecule has 96 valence electrons. The van der Waals surface area contributed by atoms with E-state index in [-0.39, 0.29) is 11.9 Å². The zero-order valence-corrected chi connectivity index (χ0v) is 12.7. The first kappa shape index (κ1) is 13.7. The topological polar surface area (TPSA) is 12.0 Å². The number of nitrogens with one attached hydrogen (secondary N) is 1. The van der Waals surface area contributed by atoms with Gasteiger partial charge in [-0.05, 0) is 57.5 Å². The van der Waals surface area contributed by atoms with Crippen molar-refractivity contribution in [1.29, 1.82) is 0 Å². The minimum Gasteiger partial charge on any atom is -0.306 e. The first-order valence-corrected chi connectivity index (χ1v) is 7.58. The second kappa shape index (κ2) is 5.95. The van der Waals surface area contributed by atoms with Crippen molar-refractivity contribution >= 4 is 27.3 Å².